The standard InChI is InChI=1S/C26H31F5N2O6/c1-2-38-23(24(34)35)16-18-4-7-20(8-5-18)39-15-12-33(11-14-37-13-3-10-26(29,30)31)25(36)32-19-6-9-21(27)22(28)17-19/h4-9,17,23H,2-3,10-16H2,1H3,(H,32,36)(H,34,35). The van der Waals surface area contributed by atoms with Gasteiger partial charge in [-0.1, -0.05) is 12.1 Å². The molecule has 0 aliphatic carbocycles. The van der Waals surface area contributed by atoms with Gasteiger partial charge in [0.25, 0.3) is 0 Å². The third-order valence-corrected chi connectivity index (χ3v) is 5.33. The number of halogens is 5. The molecule has 2 rings (SSSR count). The summed E-state index contributed by atoms with van der Waals surface area (Å²) >= 11 is 0. The average molecular weight is 563 g/mol. The molecule has 2 N–H and O–H groups in total. The van der Waals surface area contributed by atoms with E-state index in [1.165, 1.54) is 11.0 Å². The number of alkyl halides is 3. The van der Waals surface area contributed by atoms with E-state index in [4.69, 9.17) is 14.2 Å². The van der Waals surface area contributed by atoms with Gasteiger partial charge >= 0.3 is 18.2 Å². The van der Waals surface area contributed by atoms with Gasteiger partial charge in [-0.2, -0.15) is 13.2 Å². The van der Waals surface area contributed by atoms with Crippen LogP contribution in [0.2, 0.25) is 0 Å². The number of aliphatic carboxylic acids is 1. The number of carboxylic acids is 1. The van der Waals surface area contributed by atoms with Crippen LogP contribution in [0.3, 0.4) is 0 Å². The van der Waals surface area contributed by atoms with E-state index in [9.17, 15) is 36.6 Å². The number of amides is 2. The monoisotopic (exact) mass is 562 g/mol. The lowest BCUT2D eigenvalue weighted by Crippen LogP contribution is -2.40. The predicted molar refractivity (Wildman–Crippen MR) is 132 cm³/mol. The molecule has 0 heterocycles. The van der Waals surface area contributed by atoms with E-state index in [1.54, 1.807) is 31.2 Å². The molecule has 2 aromatic carbocycles. The number of nitrogens with zero attached hydrogens (tertiary/aromatic N) is 1. The van der Waals surface area contributed by atoms with Crippen molar-refractivity contribution in [2.24, 2.45) is 0 Å². The summed E-state index contributed by atoms with van der Waals surface area (Å²) in [7, 11) is 0. The number of carbonyl (C=O) groups is 2. The molecule has 1 atom stereocenters. The van der Waals surface area contributed by atoms with Crippen LogP contribution in [-0.2, 0) is 20.7 Å². The number of ether oxygens (including phenoxy) is 3. The summed E-state index contributed by atoms with van der Waals surface area (Å²) in [5.41, 5.74) is 0.733. The first kappa shape index (κ1) is 31.8. The second-order valence-electron chi connectivity index (χ2n) is 8.36. The average Bonchev–Trinajstić information content (AvgIpc) is 2.87. The lowest BCUT2D eigenvalue weighted by molar-refractivity contribution is -0.150. The largest absolute Gasteiger partial charge is 0.492 e. The van der Waals surface area contributed by atoms with Crippen molar-refractivity contribution in [3.8, 4) is 5.75 Å². The summed E-state index contributed by atoms with van der Waals surface area (Å²) < 4.78 is 79.6. The van der Waals surface area contributed by atoms with Gasteiger partial charge in [0.2, 0.25) is 0 Å². The number of urea groups is 1. The molecule has 0 fully saturated rings. The Morgan fingerprint density at radius 2 is 1.69 bits per heavy atom. The Hall–Kier alpha value is -3.45. The number of carbonyl (C=O) groups excluding carboxylic acids is 1. The van der Waals surface area contributed by atoms with Gasteiger partial charge in [0.05, 0.1) is 13.2 Å². The normalized spacial score (nSPS) is 12.2. The van der Waals surface area contributed by atoms with E-state index in [1.807, 2.05) is 0 Å². The smallest absolute Gasteiger partial charge is 0.389 e. The molecule has 0 aliphatic rings. The summed E-state index contributed by atoms with van der Waals surface area (Å²) in [6.07, 6.45) is -6.29. The number of hydrogen-bond acceptors (Lipinski definition) is 5. The quantitative estimate of drug-likeness (QED) is 0.214. The first-order chi connectivity index (χ1) is 18.5. The van der Waals surface area contributed by atoms with Crippen molar-refractivity contribution in [3.63, 3.8) is 0 Å². The minimum atomic E-state index is -4.28. The minimum absolute atomic E-state index is 0.00215. The first-order valence-corrected chi connectivity index (χ1v) is 12.2. The number of carboxylic acid groups (broad SMARTS) is 1. The van der Waals surface area contributed by atoms with Gasteiger partial charge in [0.1, 0.15) is 12.4 Å². The van der Waals surface area contributed by atoms with Gasteiger partial charge in [-0.05, 0) is 43.2 Å². The molecule has 2 amide bonds. The van der Waals surface area contributed by atoms with Gasteiger partial charge in [-0.25, -0.2) is 18.4 Å². The number of rotatable bonds is 16. The molecule has 1 unspecified atom stereocenters. The topological polar surface area (TPSA) is 97.3 Å². The summed E-state index contributed by atoms with van der Waals surface area (Å²) in [5, 5.41) is 11.6. The van der Waals surface area contributed by atoms with Crippen LogP contribution in [0.1, 0.15) is 25.3 Å². The van der Waals surface area contributed by atoms with Crippen molar-refractivity contribution in [2.75, 3.05) is 44.8 Å². The van der Waals surface area contributed by atoms with Crippen molar-refractivity contribution < 1.29 is 50.9 Å². The fourth-order valence-corrected chi connectivity index (χ4v) is 3.37. The Kier molecular flexibility index (Phi) is 12.9. The first-order valence-electron chi connectivity index (χ1n) is 12.2. The lowest BCUT2D eigenvalue weighted by atomic mass is 10.1. The summed E-state index contributed by atoms with van der Waals surface area (Å²) in [6, 6.07) is 8.83. The molecule has 13 heteroatoms. The Morgan fingerprint density at radius 3 is 2.31 bits per heavy atom. The van der Waals surface area contributed by atoms with Crippen LogP contribution in [0, 0.1) is 11.6 Å². The molecule has 0 bridgehead atoms. The van der Waals surface area contributed by atoms with E-state index >= 15 is 0 Å². The molecule has 2 aromatic rings. The number of nitrogens with one attached hydrogen (secondary N) is 1. The van der Waals surface area contributed by atoms with Gasteiger partial charge in [0, 0.05) is 44.4 Å². The minimum Gasteiger partial charge on any atom is -0.492 e. The molecule has 216 valence electrons. The van der Waals surface area contributed by atoms with Crippen molar-refractivity contribution >= 4 is 17.7 Å². The third kappa shape index (κ3) is 12.3. The lowest BCUT2D eigenvalue weighted by Gasteiger charge is -2.23. The van der Waals surface area contributed by atoms with E-state index in [0.717, 1.165) is 17.7 Å². The van der Waals surface area contributed by atoms with Crippen LogP contribution in [0.5, 0.6) is 5.75 Å². The Labute approximate surface area is 222 Å². The SMILES string of the molecule is CCOC(Cc1ccc(OCCN(CCOCCCC(F)(F)F)C(=O)Nc2ccc(F)c(F)c2)cc1)C(=O)O. The maximum absolute atomic E-state index is 13.5. The zero-order valence-electron chi connectivity index (χ0n) is 21.3. The number of anilines is 1. The van der Waals surface area contributed by atoms with Gasteiger partial charge in [-0.3, -0.25) is 0 Å². The van der Waals surface area contributed by atoms with Crippen molar-refractivity contribution in [2.45, 2.75) is 38.5 Å². The zero-order chi connectivity index (χ0) is 28.8. The fourth-order valence-electron chi connectivity index (χ4n) is 3.37. The predicted octanol–water partition coefficient (Wildman–Crippen LogP) is 5.27. The van der Waals surface area contributed by atoms with Crippen LogP contribution >= 0.6 is 0 Å². The number of hydrogen-bond donors (Lipinski definition) is 2. The van der Waals surface area contributed by atoms with Crippen molar-refractivity contribution in [1.82, 2.24) is 4.90 Å². The highest BCUT2D eigenvalue weighted by Gasteiger charge is 2.26. The Morgan fingerprint density at radius 1 is 1.00 bits per heavy atom. The highest BCUT2D eigenvalue weighted by Crippen LogP contribution is 2.21. The molecule has 8 nitrogen and oxygen atoms in total. The molecule has 0 aromatic heterocycles. The second kappa shape index (κ2) is 15.8. The maximum atomic E-state index is 13.5. The summed E-state index contributed by atoms with van der Waals surface area (Å²) in [6.45, 7) is 1.82. The summed E-state index contributed by atoms with van der Waals surface area (Å²) in [4.78, 5) is 25.3. The second-order valence-corrected chi connectivity index (χ2v) is 8.36. The molecular weight excluding hydrogens is 531 g/mol. The molecule has 0 saturated heterocycles. The Bertz CT molecular complexity index is 1050. The maximum Gasteiger partial charge on any atom is 0.389 e. The number of benzene rings is 2. The molecular formula is C26H31F5N2O6. The van der Waals surface area contributed by atoms with Crippen molar-refractivity contribution in [1.29, 1.82) is 0 Å². The molecule has 0 spiro atoms. The highest BCUT2D eigenvalue weighted by molar-refractivity contribution is 5.89. The van der Waals surface area contributed by atoms with Gasteiger partial charge in [0.15, 0.2) is 17.7 Å². The van der Waals surface area contributed by atoms with Crippen LogP contribution in [0.15, 0.2) is 42.5 Å². The third-order valence-electron chi connectivity index (χ3n) is 5.33. The Balaban J connectivity index is 1.92. The van der Waals surface area contributed by atoms with Gasteiger partial charge in [-0.15, -0.1) is 0 Å². The van der Waals surface area contributed by atoms with Crippen LogP contribution in [0.25, 0.3) is 0 Å². The van der Waals surface area contributed by atoms with Crippen LogP contribution in [0.4, 0.5) is 32.4 Å². The van der Waals surface area contributed by atoms with Crippen molar-refractivity contribution in [3.05, 3.63) is 59.7 Å². The van der Waals surface area contributed by atoms with Crippen LogP contribution in [-0.4, -0.2) is 73.8 Å². The molecule has 0 aliphatic heterocycles. The van der Waals surface area contributed by atoms with E-state index < -0.39 is 42.3 Å². The van der Waals surface area contributed by atoms with E-state index in [0.29, 0.717) is 5.75 Å². The fraction of sp³-hybridized carbons (Fsp3) is 0.462. The highest BCUT2D eigenvalue weighted by atomic mass is 19.4. The van der Waals surface area contributed by atoms with Crippen LogP contribution < -0.4 is 10.1 Å². The molecule has 39 heavy (non-hydrogen) atoms. The molecule has 0 radical (unpaired) electrons. The van der Waals surface area contributed by atoms with E-state index in [2.05, 4.69) is 5.32 Å². The zero-order valence-corrected chi connectivity index (χ0v) is 21.3. The molecule has 0 saturated carbocycles. The summed E-state index contributed by atoms with van der Waals surface area (Å²) in [5.74, 6) is -2.84. The van der Waals surface area contributed by atoms with E-state index in [-0.39, 0.29) is 58.0 Å². The van der Waals surface area contributed by atoms with Gasteiger partial charge < -0.3 is 29.5 Å².